The number of pyridine rings is 1. The molecule has 1 amide bonds. The normalized spacial score (nSPS) is 20.0. The Hall–Kier alpha value is -2.25. The Morgan fingerprint density at radius 3 is 2.92 bits per heavy atom. The van der Waals surface area contributed by atoms with Crippen molar-refractivity contribution in [1.82, 2.24) is 4.98 Å². The molecule has 130 valence electrons. The minimum atomic E-state index is -0.515. The molecular formula is C18H19BrN4O2. The van der Waals surface area contributed by atoms with Crippen molar-refractivity contribution in [3.05, 3.63) is 58.3 Å². The van der Waals surface area contributed by atoms with Crippen LogP contribution in [0.1, 0.15) is 29.4 Å². The van der Waals surface area contributed by atoms with Gasteiger partial charge >= 0.3 is 0 Å². The fourth-order valence-electron chi connectivity index (χ4n) is 2.79. The summed E-state index contributed by atoms with van der Waals surface area (Å²) in [4.78, 5) is 21.1. The number of rotatable bonds is 4. The maximum absolute atomic E-state index is 12.4. The number of nitrogens with one attached hydrogen (secondary N) is 1. The topological polar surface area (TPSA) is 89.6 Å². The van der Waals surface area contributed by atoms with Gasteiger partial charge in [-0.1, -0.05) is 19.1 Å². The van der Waals surface area contributed by atoms with E-state index in [2.05, 4.69) is 31.2 Å². The van der Waals surface area contributed by atoms with Crippen LogP contribution in [0.5, 0.6) is 0 Å². The second-order valence-electron chi connectivity index (χ2n) is 5.88. The monoisotopic (exact) mass is 402 g/mol. The number of anilines is 1. The lowest BCUT2D eigenvalue weighted by atomic mass is 9.87. The van der Waals surface area contributed by atoms with Gasteiger partial charge in [-0.25, -0.2) is 4.98 Å². The predicted octanol–water partition coefficient (Wildman–Crippen LogP) is 3.09. The standard InChI is InChI=1S/C18H19BrN4O2/c1-2-18(11-25-10-16(20)23-18)12-4-3-5-14(8-12)22-17(24)15-7-6-13(19)9-21-15/h3-9H,2,10-11H2,1H3,(H2,20,23)(H,22,24)/t18-/m1/s1. The van der Waals surface area contributed by atoms with Crippen LogP contribution >= 0.6 is 15.9 Å². The Morgan fingerprint density at radius 2 is 2.24 bits per heavy atom. The van der Waals surface area contributed by atoms with Crippen molar-refractivity contribution in [1.29, 1.82) is 0 Å². The molecule has 1 aromatic carbocycles. The molecule has 0 saturated carbocycles. The average molecular weight is 403 g/mol. The molecule has 7 heteroatoms. The van der Waals surface area contributed by atoms with Crippen LogP contribution in [0.15, 0.2) is 52.1 Å². The minimum absolute atomic E-state index is 0.266. The summed E-state index contributed by atoms with van der Waals surface area (Å²) in [5.41, 5.74) is 7.35. The Morgan fingerprint density at radius 1 is 1.40 bits per heavy atom. The summed E-state index contributed by atoms with van der Waals surface area (Å²) in [6.45, 7) is 2.87. The maximum atomic E-state index is 12.4. The van der Waals surface area contributed by atoms with Gasteiger partial charge in [0, 0.05) is 16.4 Å². The fourth-order valence-corrected chi connectivity index (χ4v) is 3.02. The lowest BCUT2D eigenvalue weighted by Crippen LogP contribution is -2.39. The Bertz CT molecular complexity index is 807. The molecule has 2 aromatic rings. The number of hydrogen-bond donors (Lipinski definition) is 2. The highest BCUT2D eigenvalue weighted by Crippen LogP contribution is 2.33. The van der Waals surface area contributed by atoms with Crippen molar-refractivity contribution in [2.75, 3.05) is 18.5 Å². The van der Waals surface area contributed by atoms with Crippen LogP contribution in [-0.4, -0.2) is 29.9 Å². The summed E-state index contributed by atoms with van der Waals surface area (Å²) < 4.78 is 6.41. The van der Waals surface area contributed by atoms with E-state index in [0.717, 1.165) is 16.5 Å². The average Bonchev–Trinajstić information content (AvgIpc) is 2.62. The van der Waals surface area contributed by atoms with Crippen LogP contribution in [0.25, 0.3) is 0 Å². The zero-order valence-electron chi connectivity index (χ0n) is 13.8. The number of amidine groups is 1. The smallest absolute Gasteiger partial charge is 0.274 e. The summed E-state index contributed by atoms with van der Waals surface area (Å²) in [6, 6.07) is 11.0. The van der Waals surface area contributed by atoms with Crippen LogP contribution in [0.4, 0.5) is 5.69 Å². The number of carbonyl (C=O) groups excluding carboxylic acids is 1. The van der Waals surface area contributed by atoms with Crippen LogP contribution in [0.3, 0.4) is 0 Å². The molecule has 3 N–H and O–H groups in total. The van der Waals surface area contributed by atoms with Gasteiger partial charge in [0.25, 0.3) is 5.91 Å². The van der Waals surface area contributed by atoms with E-state index in [1.54, 1.807) is 18.3 Å². The zero-order chi connectivity index (χ0) is 17.9. The van der Waals surface area contributed by atoms with E-state index in [-0.39, 0.29) is 5.91 Å². The number of carbonyl (C=O) groups is 1. The van der Waals surface area contributed by atoms with Gasteiger partial charge in [0.05, 0.1) is 6.61 Å². The molecule has 1 aliphatic rings. The molecule has 0 saturated heterocycles. The largest absolute Gasteiger partial charge is 0.386 e. The molecule has 0 bridgehead atoms. The van der Waals surface area contributed by atoms with Crippen LogP contribution in [0, 0.1) is 0 Å². The molecule has 0 aliphatic carbocycles. The van der Waals surface area contributed by atoms with Crippen molar-refractivity contribution in [2.45, 2.75) is 18.9 Å². The fraction of sp³-hybridized carbons (Fsp3) is 0.278. The van der Waals surface area contributed by atoms with Gasteiger partial charge in [0.1, 0.15) is 23.7 Å². The van der Waals surface area contributed by atoms with Gasteiger partial charge in [-0.15, -0.1) is 0 Å². The van der Waals surface area contributed by atoms with Crippen molar-refractivity contribution in [3.8, 4) is 0 Å². The number of ether oxygens (including phenoxy) is 1. The molecule has 1 atom stereocenters. The van der Waals surface area contributed by atoms with Crippen molar-refractivity contribution >= 4 is 33.4 Å². The van der Waals surface area contributed by atoms with Gasteiger partial charge in [-0.2, -0.15) is 0 Å². The number of nitrogens with zero attached hydrogens (tertiary/aromatic N) is 2. The molecule has 6 nitrogen and oxygen atoms in total. The number of hydrogen-bond acceptors (Lipinski definition) is 5. The first kappa shape index (κ1) is 17.6. The van der Waals surface area contributed by atoms with Gasteiger partial charge in [0.15, 0.2) is 0 Å². The van der Waals surface area contributed by atoms with E-state index < -0.39 is 5.54 Å². The molecule has 25 heavy (non-hydrogen) atoms. The molecule has 3 rings (SSSR count). The lowest BCUT2D eigenvalue weighted by molar-refractivity contribution is 0.0951. The number of amides is 1. The predicted molar refractivity (Wildman–Crippen MR) is 101 cm³/mol. The van der Waals surface area contributed by atoms with Crippen LogP contribution < -0.4 is 11.1 Å². The Labute approximate surface area is 154 Å². The number of benzene rings is 1. The van der Waals surface area contributed by atoms with E-state index >= 15 is 0 Å². The molecule has 0 fully saturated rings. The molecule has 1 aliphatic heterocycles. The third kappa shape index (κ3) is 3.88. The van der Waals surface area contributed by atoms with Crippen LogP contribution in [-0.2, 0) is 10.3 Å². The minimum Gasteiger partial charge on any atom is -0.386 e. The molecule has 0 unspecified atom stereocenters. The number of aromatic nitrogens is 1. The third-order valence-electron chi connectivity index (χ3n) is 4.15. The third-order valence-corrected chi connectivity index (χ3v) is 4.62. The molecular weight excluding hydrogens is 384 g/mol. The summed E-state index contributed by atoms with van der Waals surface area (Å²) in [5.74, 6) is 0.222. The number of aliphatic imine (C=N–C) groups is 1. The van der Waals surface area contributed by atoms with Gasteiger partial charge in [0.2, 0.25) is 0 Å². The first-order valence-corrected chi connectivity index (χ1v) is 8.77. The van der Waals surface area contributed by atoms with Crippen molar-refractivity contribution in [2.24, 2.45) is 10.7 Å². The Kier molecular flexibility index (Phi) is 5.15. The Balaban J connectivity index is 1.85. The van der Waals surface area contributed by atoms with Gasteiger partial charge in [-0.3, -0.25) is 9.79 Å². The van der Waals surface area contributed by atoms with E-state index in [0.29, 0.717) is 30.4 Å². The second-order valence-corrected chi connectivity index (χ2v) is 6.79. The van der Waals surface area contributed by atoms with Gasteiger partial charge < -0.3 is 15.8 Å². The SMILES string of the molecule is CC[C@]1(c2cccc(NC(=O)c3ccc(Br)cn3)c2)COCC(N)=N1. The first-order chi connectivity index (χ1) is 12.0. The summed E-state index contributed by atoms with van der Waals surface area (Å²) in [6.07, 6.45) is 2.34. The number of nitrogens with two attached hydrogens (primary N) is 1. The van der Waals surface area contributed by atoms with E-state index in [1.165, 1.54) is 0 Å². The first-order valence-electron chi connectivity index (χ1n) is 7.98. The van der Waals surface area contributed by atoms with E-state index in [4.69, 9.17) is 10.5 Å². The highest BCUT2D eigenvalue weighted by molar-refractivity contribution is 9.10. The molecule has 0 radical (unpaired) electrons. The van der Waals surface area contributed by atoms with E-state index in [9.17, 15) is 4.79 Å². The summed E-state index contributed by atoms with van der Waals surface area (Å²) >= 11 is 3.30. The lowest BCUT2D eigenvalue weighted by Gasteiger charge is -2.33. The zero-order valence-corrected chi connectivity index (χ0v) is 15.4. The van der Waals surface area contributed by atoms with Gasteiger partial charge in [-0.05, 0) is 52.2 Å². The summed E-state index contributed by atoms with van der Waals surface area (Å²) in [5, 5.41) is 2.87. The van der Waals surface area contributed by atoms with E-state index in [1.807, 2.05) is 31.2 Å². The highest BCUT2D eigenvalue weighted by atomic mass is 79.9. The molecule has 0 spiro atoms. The molecule has 1 aromatic heterocycles. The second kappa shape index (κ2) is 7.33. The van der Waals surface area contributed by atoms with Crippen molar-refractivity contribution < 1.29 is 9.53 Å². The highest BCUT2D eigenvalue weighted by Gasteiger charge is 2.33. The quantitative estimate of drug-likeness (QED) is 0.821. The van der Waals surface area contributed by atoms with Crippen molar-refractivity contribution in [3.63, 3.8) is 0 Å². The van der Waals surface area contributed by atoms with Crippen LogP contribution in [0.2, 0.25) is 0 Å². The molecule has 2 heterocycles. The maximum Gasteiger partial charge on any atom is 0.274 e. The number of halogens is 1. The summed E-state index contributed by atoms with van der Waals surface area (Å²) in [7, 11) is 0.